The highest BCUT2D eigenvalue weighted by Crippen LogP contribution is 2.09. The van der Waals surface area contributed by atoms with Crippen LogP contribution < -0.4 is 10.1 Å². The number of para-hydroxylation sites is 1. The number of carbonyl (C=O) groups is 1. The molecule has 2 aromatic rings. The van der Waals surface area contributed by atoms with Crippen molar-refractivity contribution in [2.24, 2.45) is 0 Å². The van der Waals surface area contributed by atoms with E-state index in [9.17, 15) is 4.79 Å². The molecule has 0 bridgehead atoms. The Bertz CT molecular complexity index is 543. The third kappa shape index (κ3) is 4.08. The Balaban J connectivity index is 1.87. The van der Waals surface area contributed by atoms with Crippen LogP contribution >= 0.6 is 0 Å². The Morgan fingerprint density at radius 3 is 2.79 bits per heavy atom. The molecule has 0 radical (unpaired) electrons. The van der Waals surface area contributed by atoms with Crippen molar-refractivity contribution in [3.8, 4) is 5.75 Å². The van der Waals surface area contributed by atoms with Gasteiger partial charge in [-0.15, -0.1) is 0 Å². The number of carbonyl (C=O) groups excluding carboxylic acids is 1. The summed E-state index contributed by atoms with van der Waals surface area (Å²) < 4.78 is 5.31. The highest BCUT2D eigenvalue weighted by Gasteiger charge is 2.04. The number of hydrogen-bond donors (Lipinski definition) is 2. The van der Waals surface area contributed by atoms with Gasteiger partial charge >= 0.3 is 0 Å². The second-order valence-corrected chi connectivity index (χ2v) is 3.86. The third-order valence-corrected chi connectivity index (χ3v) is 2.39. The number of aliphatic hydroxyl groups excluding tert-OH is 1. The zero-order valence-corrected chi connectivity index (χ0v) is 10.2. The molecule has 0 aliphatic carbocycles. The number of aromatic nitrogens is 1. The van der Waals surface area contributed by atoms with Crippen LogP contribution in [0.15, 0.2) is 48.7 Å². The van der Waals surface area contributed by atoms with Crippen molar-refractivity contribution in [2.75, 3.05) is 11.9 Å². The summed E-state index contributed by atoms with van der Waals surface area (Å²) in [6.07, 6.45) is 1.53. The quantitative estimate of drug-likeness (QED) is 0.854. The van der Waals surface area contributed by atoms with Crippen LogP contribution in [0.5, 0.6) is 5.75 Å². The second kappa shape index (κ2) is 6.51. The van der Waals surface area contributed by atoms with Gasteiger partial charge in [0.2, 0.25) is 0 Å². The molecule has 1 heterocycles. The van der Waals surface area contributed by atoms with Gasteiger partial charge in [-0.3, -0.25) is 4.79 Å². The van der Waals surface area contributed by atoms with Gasteiger partial charge in [0.1, 0.15) is 11.6 Å². The largest absolute Gasteiger partial charge is 0.484 e. The Kier molecular flexibility index (Phi) is 4.47. The highest BCUT2D eigenvalue weighted by molar-refractivity contribution is 5.90. The van der Waals surface area contributed by atoms with E-state index in [-0.39, 0.29) is 19.1 Å². The summed E-state index contributed by atoms with van der Waals surface area (Å²) in [5, 5.41) is 11.6. The molecule has 19 heavy (non-hydrogen) atoms. The topological polar surface area (TPSA) is 71.5 Å². The van der Waals surface area contributed by atoms with Crippen LogP contribution in [-0.2, 0) is 11.4 Å². The standard InChI is InChI=1S/C14H14N2O3/c17-9-11-6-7-15-13(8-11)16-14(18)10-19-12-4-2-1-3-5-12/h1-8,17H,9-10H2,(H,15,16,18). The highest BCUT2D eigenvalue weighted by atomic mass is 16.5. The van der Waals surface area contributed by atoms with Gasteiger partial charge in [-0.1, -0.05) is 18.2 Å². The first-order valence-electron chi connectivity index (χ1n) is 5.81. The monoisotopic (exact) mass is 258 g/mol. The minimum absolute atomic E-state index is 0.0882. The molecule has 1 aromatic heterocycles. The predicted octanol–water partition coefficient (Wildman–Crippen LogP) is 1.59. The number of amides is 1. The van der Waals surface area contributed by atoms with Crippen molar-refractivity contribution < 1.29 is 14.6 Å². The van der Waals surface area contributed by atoms with Crippen molar-refractivity contribution in [3.05, 3.63) is 54.2 Å². The first-order chi connectivity index (χ1) is 9.28. The second-order valence-electron chi connectivity index (χ2n) is 3.86. The van der Waals surface area contributed by atoms with E-state index in [0.717, 1.165) is 0 Å². The van der Waals surface area contributed by atoms with E-state index in [1.807, 2.05) is 18.2 Å². The molecule has 0 aliphatic heterocycles. The summed E-state index contributed by atoms with van der Waals surface area (Å²) in [4.78, 5) is 15.6. The van der Waals surface area contributed by atoms with E-state index in [2.05, 4.69) is 10.3 Å². The van der Waals surface area contributed by atoms with Crippen LogP contribution in [0.1, 0.15) is 5.56 Å². The lowest BCUT2D eigenvalue weighted by Gasteiger charge is -2.07. The van der Waals surface area contributed by atoms with Gasteiger partial charge in [0.25, 0.3) is 5.91 Å². The van der Waals surface area contributed by atoms with Gasteiger partial charge in [0.15, 0.2) is 6.61 Å². The van der Waals surface area contributed by atoms with Crippen molar-refractivity contribution in [1.29, 1.82) is 0 Å². The van der Waals surface area contributed by atoms with E-state index in [1.165, 1.54) is 6.20 Å². The summed E-state index contributed by atoms with van der Waals surface area (Å²) >= 11 is 0. The van der Waals surface area contributed by atoms with Crippen LogP contribution in [-0.4, -0.2) is 22.6 Å². The van der Waals surface area contributed by atoms with E-state index in [4.69, 9.17) is 9.84 Å². The first-order valence-corrected chi connectivity index (χ1v) is 5.81. The van der Waals surface area contributed by atoms with Crippen LogP contribution in [0, 0.1) is 0 Å². The average Bonchev–Trinajstić information content (AvgIpc) is 2.46. The molecule has 98 valence electrons. The van der Waals surface area contributed by atoms with Gasteiger partial charge in [-0.2, -0.15) is 0 Å². The first kappa shape index (κ1) is 13.0. The van der Waals surface area contributed by atoms with Crippen LogP contribution in [0.2, 0.25) is 0 Å². The van der Waals surface area contributed by atoms with E-state index >= 15 is 0 Å². The lowest BCUT2D eigenvalue weighted by molar-refractivity contribution is -0.118. The van der Waals surface area contributed by atoms with Gasteiger partial charge in [-0.25, -0.2) is 4.98 Å². The number of anilines is 1. The summed E-state index contributed by atoms with van der Waals surface area (Å²) in [6, 6.07) is 12.4. The number of rotatable bonds is 5. The molecule has 1 aromatic carbocycles. The number of aliphatic hydroxyl groups is 1. The number of benzene rings is 1. The van der Waals surface area contributed by atoms with Crippen molar-refractivity contribution >= 4 is 11.7 Å². The number of nitrogens with one attached hydrogen (secondary N) is 1. The van der Waals surface area contributed by atoms with Crippen molar-refractivity contribution in [3.63, 3.8) is 0 Å². The molecule has 0 spiro atoms. The maximum Gasteiger partial charge on any atom is 0.263 e. The summed E-state index contributed by atoms with van der Waals surface area (Å²) in [5.74, 6) is 0.731. The maximum absolute atomic E-state index is 11.6. The van der Waals surface area contributed by atoms with E-state index in [0.29, 0.717) is 17.1 Å². The fourth-order valence-electron chi connectivity index (χ4n) is 1.49. The molecule has 2 N–H and O–H groups in total. The van der Waals surface area contributed by atoms with Crippen molar-refractivity contribution in [1.82, 2.24) is 4.98 Å². The predicted molar refractivity (Wildman–Crippen MR) is 70.7 cm³/mol. The normalized spacial score (nSPS) is 9.95. The molecule has 5 nitrogen and oxygen atoms in total. The van der Waals surface area contributed by atoms with Crippen LogP contribution in [0.25, 0.3) is 0 Å². The Labute approximate surface area is 110 Å². The summed E-state index contributed by atoms with van der Waals surface area (Å²) in [7, 11) is 0. The van der Waals surface area contributed by atoms with Gasteiger partial charge in [0.05, 0.1) is 6.61 Å². The third-order valence-electron chi connectivity index (χ3n) is 2.39. The zero-order valence-electron chi connectivity index (χ0n) is 10.2. The number of nitrogens with zero attached hydrogens (tertiary/aromatic N) is 1. The zero-order chi connectivity index (χ0) is 13.5. The molecule has 1 amide bonds. The molecule has 0 aliphatic rings. The lowest BCUT2D eigenvalue weighted by Crippen LogP contribution is -2.20. The Morgan fingerprint density at radius 2 is 2.05 bits per heavy atom. The Morgan fingerprint density at radius 1 is 1.26 bits per heavy atom. The molecule has 2 rings (SSSR count). The maximum atomic E-state index is 11.6. The van der Waals surface area contributed by atoms with Gasteiger partial charge < -0.3 is 15.2 Å². The summed E-state index contributed by atoms with van der Waals surface area (Å²) in [5.41, 5.74) is 0.689. The summed E-state index contributed by atoms with van der Waals surface area (Å²) in [6.45, 7) is -0.180. The number of ether oxygens (including phenoxy) is 1. The average molecular weight is 258 g/mol. The molecule has 0 saturated heterocycles. The smallest absolute Gasteiger partial charge is 0.263 e. The lowest BCUT2D eigenvalue weighted by atomic mass is 10.3. The fourth-order valence-corrected chi connectivity index (χ4v) is 1.49. The molecule has 5 heteroatoms. The molecule has 0 unspecified atom stereocenters. The van der Waals surface area contributed by atoms with Gasteiger partial charge in [0, 0.05) is 6.20 Å². The van der Waals surface area contributed by atoms with Crippen LogP contribution in [0.4, 0.5) is 5.82 Å². The molecule has 0 fully saturated rings. The molecule has 0 saturated carbocycles. The molecular formula is C14H14N2O3. The fraction of sp³-hybridized carbons (Fsp3) is 0.143. The minimum Gasteiger partial charge on any atom is -0.484 e. The molecule has 0 atom stereocenters. The van der Waals surface area contributed by atoms with Crippen molar-refractivity contribution in [2.45, 2.75) is 6.61 Å². The Hall–Kier alpha value is -2.40. The van der Waals surface area contributed by atoms with Crippen LogP contribution in [0.3, 0.4) is 0 Å². The van der Waals surface area contributed by atoms with E-state index in [1.54, 1.807) is 24.3 Å². The van der Waals surface area contributed by atoms with Gasteiger partial charge in [-0.05, 0) is 29.8 Å². The number of hydrogen-bond acceptors (Lipinski definition) is 4. The molecular weight excluding hydrogens is 244 g/mol. The van der Waals surface area contributed by atoms with E-state index < -0.39 is 0 Å². The SMILES string of the molecule is O=C(COc1ccccc1)Nc1cc(CO)ccn1. The minimum atomic E-state index is -0.300. The number of pyridine rings is 1.